The van der Waals surface area contributed by atoms with Gasteiger partial charge < -0.3 is 5.73 Å². The first-order chi connectivity index (χ1) is 9.68. The van der Waals surface area contributed by atoms with Crippen LogP contribution in [-0.4, -0.2) is 15.2 Å². The first kappa shape index (κ1) is 12.9. The third kappa shape index (κ3) is 2.10. The van der Waals surface area contributed by atoms with Crippen molar-refractivity contribution in [2.45, 2.75) is 6.92 Å². The molecule has 0 aliphatic carbocycles. The summed E-state index contributed by atoms with van der Waals surface area (Å²) in [6.45, 7) is 2.05. The van der Waals surface area contributed by atoms with Gasteiger partial charge >= 0.3 is 0 Å². The van der Waals surface area contributed by atoms with Crippen molar-refractivity contribution < 1.29 is 0 Å². The fourth-order valence-corrected chi connectivity index (χ4v) is 2.57. The number of nitrogens with one attached hydrogen (secondary N) is 1. The van der Waals surface area contributed by atoms with Crippen molar-refractivity contribution in [3.63, 3.8) is 0 Å². The van der Waals surface area contributed by atoms with Crippen LogP contribution in [0.4, 0.5) is 5.82 Å². The van der Waals surface area contributed by atoms with Gasteiger partial charge in [-0.2, -0.15) is 5.10 Å². The second kappa shape index (κ2) is 5.09. The Morgan fingerprint density at radius 2 is 2.00 bits per heavy atom. The van der Waals surface area contributed by atoms with Crippen molar-refractivity contribution in [3.8, 4) is 22.5 Å². The molecule has 2 heterocycles. The summed E-state index contributed by atoms with van der Waals surface area (Å²) in [6, 6.07) is 11.8. The minimum atomic E-state index is 0.457. The quantitative estimate of drug-likeness (QED) is 0.752. The number of nitrogen functional groups attached to an aromatic ring is 1. The molecular formula is C15H13BrN4. The number of halogens is 1. The molecule has 1 aromatic carbocycles. The van der Waals surface area contributed by atoms with Crippen LogP contribution in [0.1, 0.15) is 5.56 Å². The highest BCUT2D eigenvalue weighted by Crippen LogP contribution is 2.36. The summed E-state index contributed by atoms with van der Waals surface area (Å²) in [5.41, 5.74) is 10.7. The van der Waals surface area contributed by atoms with Crippen molar-refractivity contribution in [1.82, 2.24) is 15.2 Å². The van der Waals surface area contributed by atoms with Gasteiger partial charge in [0.05, 0.1) is 17.0 Å². The van der Waals surface area contributed by atoms with Crippen molar-refractivity contribution in [3.05, 3.63) is 52.6 Å². The molecule has 0 saturated heterocycles. The first-order valence-electron chi connectivity index (χ1n) is 6.19. The SMILES string of the molecule is Cc1c(Br)cccc1-c1[nH]nc(N)c1-c1ccccn1. The van der Waals surface area contributed by atoms with Crippen molar-refractivity contribution in [2.24, 2.45) is 0 Å². The van der Waals surface area contributed by atoms with Crippen molar-refractivity contribution in [2.75, 3.05) is 5.73 Å². The Kier molecular flexibility index (Phi) is 3.28. The zero-order valence-corrected chi connectivity index (χ0v) is 12.5. The van der Waals surface area contributed by atoms with E-state index in [2.05, 4.69) is 38.0 Å². The monoisotopic (exact) mass is 328 g/mol. The maximum absolute atomic E-state index is 6.00. The molecule has 100 valence electrons. The summed E-state index contributed by atoms with van der Waals surface area (Å²) in [5.74, 6) is 0.457. The van der Waals surface area contributed by atoms with Gasteiger partial charge in [0.15, 0.2) is 5.82 Å². The van der Waals surface area contributed by atoms with Crippen molar-refractivity contribution in [1.29, 1.82) is 0 Å². The van der Waals surface area contributed by atoms with E-state index in [1.54, 1.807) is 6.20 Å². The second-order valence-electron chi connectivity index (χ2n) is 4.49. The molecule has 0 atom stereocenters. The molecule has 0 amide bonds. The second-order valence-corrected chi connectivity index (χ2v) is 5.34. The Morgan fingerprint density at radius 1 is 1.15 bits per heavy atom. The molecule has 0 spiro atoms. The molecule has 0 unspecified atom stereocenters. The Balaban J connectivity index is 2.24. The molecule has 3 N–H and O–H groups in total. The van der Waals surface area contributed by atoms with Gasteiger partial charge in [0.2, 0.25) is 0 Å². The van der Waals surface area contributed by atoms with Gasteiger partial charge in [-0.05, 0) is 30.7 Å². The number of H-pyrrole nitrogens is 1. The maximum Gasteiger partial charge on any atom is 0.155 e. The van der Waals surface area contributed by atoms with E-state index in [-0.39, 0.29) is 0 Å². The number of nitrogens with zero attached hydrogens (tertiary/aromatic N) is 2. The number of hydrogen-bond donors (Lipinski definition) is 2. The van der Waals surface area contributed by atoms with Crippen LogP contribution in [0.3, 0.4) is 0 Å². The van der Waals surface area contributed by atoms with E-state index in [0.717, 1.165) is 32.6 Å². The van der Waals surface area contributed by atoms with Crippen LogP contribution in [0.2, 0.25) is 0 Å². The molecule has 5 heteroatoms. The third-order valence-electron chi connectivity index (χ3n) is 3.25. The lowest BCUT2D eigenvalue weighted by Gasteiger charge is -2.08. The third-order valence-corrected chi connectivity index (χ3v) is 4.11. The van der Waals surface area contributed by atoms with E-state index >= 15 is 0 Å². The summed E-state index contributed by atoms with van der Waals surface area (Å²) >= 11 is 3.55. The number of rotatable bonds is 2. The minimum Gasteiger partial charge on any atom is -0.382 e. The fraction of sp³-hybridized carbons (Fsp3) is 0.0667. The van der Waals surface area contributed by atoms with Crippen molar-refractivity contribution >= 4 is 21.7 Å². The standard InChI is InChI=1S/C15H13BrN4/c1-9-10(5-4-6-11(9)16)14-13(15(17)20-19-14)12-7-2-3-8-18-12/h2-8H,1H3,(H3,17,19,20). The molecular weight excluding hydrogens is 316 g/mol. The molecule has 2 aromatic heterocycles. The van der Waals surface area contributed by atoms with E-state index in [1.807, 2.05) is 36.4 Å². The first-order valence-corrected chi connectivity index (χ1v) is 6.98. The predicted molar refractivity (Wildman–Crippen MR) is 84.1 cm³/mol. The molecule has 0 fully saturated rings. The van der Waals surface area contributed by atoms with E-state index in [1.165, 1.54) is 0 Å². The molecule has 0 aliphatic heterocycles. The summed E-state index contributed by atoms with van der Waals surface area (Å²) in [6.07, 6.45) is 1.75. The van der Waals surface area contributed by atoms with Gasteiger partial charge in [0.1, 0.15) is 0 Å². The topological polar surface area (TPSA) is 67.6 Å². The number of aromatic nitrogens is 3. The van der Waals surface area contributed by atoms with Gasteiger partial charge in [0, 0.05) is 16.2 Å². The lowest BCUT2D eigenvalue weighted by Crippen LogP contribution is -1.92. The van der Waals surface area contributed by atoms with E-state index in [4.69, 9.17) is 5.73 Å². The number of hydrogen-bond acceptors (Lipinski definition) is 3. The average molecular weight is 329 g/mol. The molecule has 0 radical (unpaired) electrons. The van der Waals surface area contributed by atoms with Crippen LogP contribution in [-0.2, 0) is 0 Å². The number of nitrogens with two attached hydrogens (primary N) is 1. The van der Waals surface area contributed by atoms with Gasteiger partial charge in [-0.3, -0.25) is 10.1 Å². The number of benzene rings is 1. The largest absolute Gasteiger partial charge is 0.382 e. The highest BCUT2D eigenvalue weighted by atomic mass is 79.9. The zero-order chi connectivity index (χ0) is 14.1. The summed E-state index contributed by atoms with van der Waals surface area (Å²) in [4.78, 5) is 4.37. The van der Waals surface area contributed by atoms with E-state index in [9.17, 15) is 0 Å². The molecule has 4 nitrogen and oxygen atoms in total. The Labute approximate surface area is 125 Å². The van der Waals surface area contributed by atoms with Gasteiger partial charge in [0.25, 0.3) is 0 Å². The Morgan fingerprint density at radius 3 is 2.75 bits per heavy atom. The minimum absolute atomic E-state index is 0.457. The lowest BCUT2D eigenvalue weighted by atomic mass is 10.0. The Hall–Kier alpha value is -2.14. The van der Waals surface area contributed by atoms with Crippen LogP contribution < -0.4 is 5.73 Å². The van der Waals surface area contributed by atoms with Gasteiger partial charge in [-0.1, -0.05) is 34.1 Å². The van der Waals surface area contributed by atoms with Gasteiger partial charge in [-0.15, -0.1) is 0 Å². The molecule has 3 aromatic rings. The fourth-order valence-electron chi connectivity index (χ4n) is 2.20. The summed E-state index contributed by atoms with van der Waals surface area (Å²) in [7, 11) is 0. The predicted octanol–water partition coefficient (Wildman–Crippen LogP) is 3.79. The number of pyridine rings is 1. The average Bonchev–Trinajstić information content (AvgIpc) is 2.84. The highest BCUT2D eigenvalue weighted by Gasteiger charge is 2.17. The molecule has 3 rings (SSSR count). The molecule has 0 aliphatic rings. The zero-order valence-electron chi connectivity index (χ0n) is 10.9. The van der Waals surface area contributed by atoms with E-state index in [0.29, 0.717) is 5.82 Å². The van der Waals surface area contributed by atoms with Gasteiger partial charge in [-0.25, -0.2) is 0 Å². The number of anilines is 1. The van der Waals surface area contributed by atoms with Crippen LogP contribution in [0.5, 0.6) is 0 Å². The van der Waals surface area contributed by atoms with Crippen LogP contribution in [0.15, 0.2) is 47.1 Å². The molecule has 0 bridgehead atoms. The van der Waals surface area contributed by atoms with Crippen LogP contribution >= 0.6 is 15.9 Å². The van der Waals surface area contributed by atoms with Crippen LogP contribution in [0.25, 0.3) is 22.5 Å². The normalized spacial score (nSPS) is 10.7. The van der Waals surface area contributed by atoms with Crippen LogP contribution in [0, 0.1) is 6.92 Å². The summed E-state index contributed by atoms with van der Waals surface area (Å²) < 4.78 is 1.05. The maximum atomic E-state index is 6.00. The lowest BCUT2D eigenvalue weighted by molar-refractivity contribution is 1.10. The number of aromatic amines is 1. The van der Waals surface area contributed by atoms with E-state index < -0.39 is 0 Å². The molecule has 0 saturated carbocycles. The summed E-state index contributed by atoms with van der Waals surface area (Å²) in [5, 5.41) is 7.16. The Bertz CT molecular complexity index is 750. The highest BCUT2D eigenvalue weighted by molar-refractivity contribution is 9.10. The molecule has 20 heavy (non-hydrogen) atoms. The smallest absolute Gasteiger partial charge is 0.155 e.